The molecule has 5 aromatic rings. The van der Waals surface area contributed by atoms with Crippen molar-refractivity contribution in [2.45, 2.75) is 45.2 Å². The third kappa shape index (κ3) is 6.74. The van der Waals surface area contributed by atoms with Gasteiger partial charge in [-0.1, -0.05) is 41.7 Å². The summed E-state index contributed by atoms with van der Waals surface area (Å²) >= 11 is 8.95. The monoisotopic (exact) mass is 719 g/mol. The molecular weight excluding hydrogens is 677 g/mol. The Labute approximate surface area is 301 Å². The third-order valence-corrected chi connectivity index (χ3v) is 11.6. The average molecular weight is 720 g/mol. The van der Waals surface area contributed by atoms with E-state index in [2.05, 4.69) is 23.2 Å². The van der Waals surface area contributed by atoms with Crippen molar-refractivity contribution in [3.8, 4) is 16.9 Å². The Morgan fingerprint density at radius 1 is 1.10 bits per heavy atom. The molecule has 0 bridgehead atoms. The van der Waals surface area contributed by atoms with Crippen LogP contribution in [0.15, 0.2) is 48.5 Å². The normalized spacial score (nSPS) is 17.6. The molecule has 0 spiro atoms. The zero-order valence-corrected chi connectivity index (χ0v) is 30.3. The van der Waals surface area contributed by atoms with E-state index in [0.717, 1.165) is 101 Å². The van der Waals surface area contributed by atoms with Crippen LogP contribution in [-0.2, 0) is 24.8 Å². The zero-order chi connectivity index (χ0) is 34.9. The fourth-order valence-corrected chi connectivity index (χ4v) is 8.73. The lowest BCUT2D eigenvalue weighted by Gasteiger charge is -2.31. The number of hydrogen-bond acceptors (Lipinski definition) is 7. The molecule has 9 nitrogen and oxygen atoms in total. The number of carbonyl (C=O) groups is 1. The maximum absolute atomic E-state index is 13.8. The second-order valence-electron chi connectivity index (χ2n) is 13.1. The summed E-state index contributed by atoms with van der Waals surface area (Å²) in [6.45, 7) is 7.26. The number of halogens is 2. The van der Waals surface area contributed by atoms with Crippen LogP contribution in [0.1, 0.15) is 52.7 Å². The van der Waals surface area contributed by atoms with Gasteiger partial charge in [-0.15, -0.1) is 0 Å². The molecule has 2 aliphatic rings. The van der Waals surface area contributed by atoms with Crippen molar-refractivity contribution in [1.82, 2.24) is 23.6 Å². The van der Waals surface area contributed by atoms with Gasteiger partial charge in [0.15, 0.2) is 0 Å². The number of rotatable bonds is 9. The third-order valence-electron chi connectivity index (χ3n) is 10.1. The molecule has 12 heteroatoms. The van der Waals surface area contributed by atoms with E-state index >= 15 is 0 Å². The van der Waals surface area contributed by atoms with E-state index in [1.807, 2.05) is 46.6 Å². The second kappa shape index (κ2) is 14.9. The summed E-state index contributed by atoms with van der Waals surface area (Å²) in [5.41, 5.74) is 5.69. The van der Waals surface area contributed by atoms with Crippen LogP contribution in [-0.4, -0.2) is 86.9 Å². The molecule has 0 radical (unpaired) electrons. The predicted octanol–water partition coefficient (Wildman–Crippen LogP) is 7.75. The molecule has 0 amide bonds. The van der Waals surface area contributed by atoms with Crippen LogP contribution >= 0.6 is 23.5 Å². The van der Waals surface area contributed by atoms with Crippen LogP contribution in [0.4, 0.5) is 4.39 Å². The summed E-state index contributed by atoms with van der Waals surface area (Å²) in [4.78, 5) is 15.6. The standard InChI is InChI=1S/C38H43ClFN5O4S/c1-24-33-34-30(39)13-12-29-28(8-5-19-49-32-9-4-7-25-23-26(40)10-11-27(25)32)37(38(46)47)45(36(29)34)15-6-22-50-43(3)31(35(33)41-42(24)2)14-16-44-17-20-48-21-18-44/h4,7,9-13,23,31H,5-6,8,14-22H2,1-3H3,(H,46,47). The van der Waals surface area contributed by atoms with Crippen LogP contribution in [0.3, 0.4) is 0 Å². The van der Waals surface area contributed by atoms with Gasteiger partial charge in [0.2, 0.25) is 0 Å². The lowest BCUT2D eigenvalue weighted by atomic mass is 9.95. The van der Waals surface area contributed by atoms with Gasteiger partial charge >= 0.3 is 5.97 Å². The molecule has 4 heterocycles. The molecule has 2 aromatic heterocycles. The number of aromatic carboxylic acids is 1. The van der Waals surface area contributed by atoms with Gasteiger partial charge < -0.3 is 19.1 Å². The number of aromatic nitrogens is 3. The Hall–Kier alpha value is -3.61. The topological polar surface area (TPSA) is 85.0 Å². The molecule has 264 valence electrons. The first-order chi connectivity index (χ1) is 24.2. The van der Waals surface area contributed by atoms with E-state index in [9.17, 15) is 14.3 Å². The van der Waals surface area contributed by atoms with Crippen molar-refractivity contribution >= 4 is 51.2 Å². The minimum atomic E-state index is -0.957. The number of benzene rings is 3. The Morgan fingerprint density at radius 3 is 2.70 bits per heavy atom. The van der Waals surface area contributed by atoms with Gasteiger partial charge in [-0.05, 0) is 80.9 Å². The van der Waals surface area contributed by atoms with Crippen molar-refractivity contribution in [3.05, 3.63) is 82.0 Å². The van der Waals surface area contributed by atoms with E-state index in [-0.39, 0.29) is 11.9 Å². The molecule has 1 N–H and O–H groups in total. The quantitative estimate of drug-likeness (QED) is 0.122. The van der Waals surface area contributed by atoms with Gasteiger partial charge in [0.05, 0.1) is 42.1 Å². The average Bonchev–Trinajstić information content (AvgIpc) is 3.57. The predicted molar refractivity (Wildman–Crippen MR) is 198 cm³/mol. The smallest absolute Gasteiger partial charge is 0.352 e. The van der Waals surface area contributed by atoms with Crippen molar-refractivity contribution in [2.75, 3.05) is 52.3 Å². The van der Waals surface area contributed by atoms with Crippen molar-refractivity contribution < 1.29 is 23.8 Å². The summed E-state index contributed by atoms with van der Waals surface area (Å²) in [6, 6.07) is 14.2. The fourth-order valence-electron chi connectivity index (χ4n) is 7.55. The Balaban J connectivity index is 1.28. The number of carboxylic acid groups (broad SMARTS) is 1. The maximum atomic E-state index is 13.8. The van der Waals surface area contributed by atoms with E-state index < -0.39 is 5.97 Å². The van der Waals surface area contributed by atoms with Gasteiger partial charge in [0.25, 0.3) is 0 Å². The lowest BCUT2D eigenvalue weighted by Crippen LogP contribution is -2.38. The summed E-state index contributed by atoms with van der Waals surface area (Å²) in [7, 11) is 4.11. The molecule has 1 saturated heterocycles. The highest BCUT2D eigenvalue weighted by Crippen LogP contribution is 2.46. The highest BCUT2D eigenvalue weighted by Gasteiger charge is 2.33. The van der Waals surface area contributed by atoms with Crippen molar-refractivity contribution in [1.29, 1.82) is 0 Å². The molecule has 7 rings (SSSR count). The lowest BCUT2D eigenvalue weighted by molar-refractivity contribution is 0.0352. The summed E-state index contributed by atoms with van der Waals surface area (Å²) < 4.78 is 31.9. The fraction of sp³-hybridized carbons (Fsp3) is 0.421. The van der Waals surface area contributed by atoms with Gasteiger partial charge in [-0.2, -0.15) is 5.10 Å². The Bertz CT molecular complexity index is 2040. The molecule has 50 heavy (non-hydrogen) atoms. The van der Waals surface area contributed by atoms with Gasteiger partial charge in [0, 0.05) is 66.6 Å². The van der Waals surface area contributed by atoms with Crippen molar-refractivity contribution in [3.63, 3.8) is 0 Å². The molecular formula is C38H43ClFN5O4S. The van der Waals surface area contributed by atoms with Crippen LogP contribution in [0.5, 0.6) is 5.75 Å². The van der Waals surface area contributed by atoms with Gasteiger partial charge in [0.1, 0.15) is 17.3 Å². The number of fused-ring (bicyclic) bond motifs is 3. The Morgan fingerprint density at radius 2 is 1.90 bits per heavy atom. The summed E-state index contributed by atoms with van der Waals surface area (Å²) in [6.07, 6.45) is 2.77. The molecule has 1 atom stereocenters. The molecule has 1 fully saturated rings. The van der Waals surface area contributed by atoms with Crippen LogP contribution in [0.2, 0.25) is 5.02 Å². The number of ether oxygens (including phenoxy) is 2. The highest BCUT2D eigenvalue weighted by atomic mass is 35.5. The number of nitrogens with zero attached hydrogens (tertiary/aromatic N) is 5. The number of morpholine rings is 1. The van der Waals surface area contributed by atoms with Crippen molar-refractivity contribution in [2.24, 2.45) is 7.05 Å². The number of aryl methyl sites for hydroxylation is 3. The summed E-state index contributed by atoms with van der Waals surface area (Å²) in [5.74, 6) is 0.261. The molecule has 0 aliphatic carbocycles. The molecule has 1 unspecified atom stereocenters. The first-order valence-corrected chi connectivity index (χ1v) is 18.6. The first kappa shape index (κ1) is 34.8. The minimum absolute atomic E-state index is 0.0201. The Kier molecular flexibility index (Phi) is 10.4. The number of hydrogen-bond donors (Lipinski definition) is 1. The summed E-state index contributed by atoms with van der Waals surface area (Å²) in [5, 5.41) is 19.0. The molecule has 0 saturated carbocycles. The molecule has 2 aliphatic heterocycles. The SMILES string of the molecule is Cc1c2c(nn1C)C(CCN1CCOCC1)N(C)SCCCn1c(C(=O)O)c(CCCOc3cccc4cc(F)ccc34)c3ccc(Cl)c-2c31. The zero-order valence-electron chi connectivity index (χ0n) is 28.8. The van der Waals surface area contributed by atoms with Crippen LogP contribution in [0.25, 0.3) is 32.8 Å². The van der Waals surface area contributed by atoms with Gasteiger partial charge in [-0.3, -0.25) is 9.58 Å². The molecule has 3 aromatic carbocycles. The van der Waals surface area contributed by atoms with E-state index in [4.69, 9.17) is 26.2 Å². The largest absolute Gasteiger partial charge is 0.493 e. The van der Waals surface area contributed by atoms with Gasteiger partial charge in [-0.25, -0.2) is 13.5 Å². The van der Waals surface area contributed by atoms with E-state index in [0.29, 0.717) is 42.5 Å². The second-order valence-corrected chi connectivity index (χ2v) is 14.8. The maximum Gasteiger partial charge on any atom is 0.352 e. The minimum Gasteiger partial charge on any atom is -0.493 e. The van der Waals surface area contributed by atoms with Crippen LogP contribution in [0, 0.1) is 12.7 Å². The van der Waals surface area contributed by atoms with Crippen LogP contribution < -0.4 is 4.74 Å². The van der Waals surface area contributed by atoms with E-state index in [1.54, 1.807) is 18.0 Å². The van der Waals surface area contributed by atoms with E-state index in [1.165, 1.54) is 12.1 Å². The number of carboxylic acids is 1. The first-order valence-electron chi connectivity index (χ1n) is 17.3. The highest BCUT2D eigenvalue weighted by molar-refractivity contribution is 7.97.